The van der Waals surface area contributed by atoms with Crippen LogP contribution in [-0.4, -0.2) is 34.1 Å². The highest BCUT2D eigenvalue weighted by Gasteiger charge is 2.37. The molecule has 0 spiro atoms. The number of anilines is 1. The van der Waals surface area contributed by atoms with E-state index in [1.807, 2.05) is 44.2 Å². The third-order valence-electron chi connectivity index (χ3n) is 5.51. The number of sulfonamides is 1. The lowest BCUT2D eigenvalue weighted by Gasteiger charge is -2.35. The first-order chi connectivity index (χ1) is 15.8. The molecular weight excluding hydrogens is 440 g/mol. The normalized spacial score (nSPS) is 15.4. The molecule has 1 unspecified atom stereocenters. The van der Waals surface area contributed by atoms with Crippen LogP contribution in [0.1, 0.15) is 16.7 Å². The standard InChI is InChI=1S/C25H26N2O5S/c1-17-4-7-19(8-5-17)15-26-25(28)24-16-27(22-13-6-18(2)14-23(22)32-24)33(29,30)21-11-9-20(31-3)10-12-21/h4-14,24H,15-16H2,1-3H3,(H,26,28). The highest BCUT2D eigenvalue weighted by atomic mass is 32.2. The molecule has 1 aliphatic rings. The molecule has 1 heterocycles. The van der Waals surface area contributed by atoms with E-state index in [2.05, 4.69) is 5.32 Å². The molecule has 0 aromatic heterocycles. The first kappa shape index (κ1) is 22.7. The van der Waals surface area contributed by atoms with Gasteiger partial charge in [-0.05, 0) is 61.4 Å². The second-order valence-corrected chi connectivity index (χ2v) is 9.86. The average molecular weight is 467 g/mol. The van der Waals surface area contributed by atoms with Gasteiger partial charge in [0.15, 0.2) is 6.10 Å². The van der Waals surface area contributed by atoms with Gasteiger partial charge in [0.1, 0.15) is 11.5 Å². The van der Waals surface area contributed by atoms with Gasteiger partial charge in [-0.15, -0.1) is 0 Å². The fraction of sp³-hybridized carbons (Fsp3) is 0.240. The molecule has 0 saturated carbocycles. The van der Waals surface area contributed by atoms with E-state index >= 15 is 0 Å². The Hall–Kier alpha value is -3.52. The van der Waals surface area contributed by atoms with E-state index in [9.17, 15) is 13.2 Å². The number of methoxy groups -OCH3 is 1. The summed E-state index contributed by atoms with van der Waals surface area (Å²) in [6, 6.07) is 19.3. The van der Waals surface area contributed by atoms with Crippen LogP contribution in [0.5, 0.6) is 11.5 Å². The average Bonchev–Trinajstić information content (AvgIpc) is 2.82. The first-order valence-corrected chi connectivity index (χ1v) is 12.0. The maximum atomic E-state index is 13.5. The van der Waals surface area contributed by atoms with Crippen LogP contribution in [0.3, 0.4) is 0 Å². The number of ether oxygens (including phenoxy) is 2. The van der Waals surface area contributed by atoms with Crippen LogP contribution in [0.15, 0.2) is 71.6 Å². The summed E-state index contributed by atoms with van der Waals surface area (Å²) in [6.45, 7) is 4.07. The molecule has 172 valence electrons. The zero-order chi connectivity index (χ0) is 23.6. The molecule has 8 heteroatoms. The second-order valence-electron chi connectivity index (χ2n) is 7.99. The predicted octanol–water partition coefficient (Wildman–Crippen LogP) is 3.58. The van der Waals surface area contributed by atoms with Crippen molar-refractivity contribution in [3.63, 3.8) is 0 Å². The maximum Gasteiger partial charge on any atom is 0.264 e. The zero-order valence-corrected chi connectivity index (χ0v) is 19.6. The molecule has 1 aliphatic heterocycles. The number of amides is 1. The molecule has 0 fully saturated rings. The Balaban J connectivity index is 1.61. The first-order valence-electron chi connectivity index (χ1n) is 10.6. The molecule has 0 aliphatic carbocycles. The van der Waals surface area contributed by atoms with E-state index in [4.69, 9.17) is 9.47 Å². The lowest BCUT2D eigenvalue weighted by atomic mass is 10.1. The number of rotatable bonds is 6. The molecule has 0 radical (unpaired) electrons. The van der Waals surface area contributed by atoms with Crippen LogP contribution in [0.2, 0.25) is 0 Å². The van der Waals surface area contributed by atoms with Crippen molar-refractivity contribution in [2.45, 2.75) is 31.4 Å². The lowest BCUT2D eigenvalue weighted by molar-refractivity contribution is -0.127. The molecule has 3 aromatic rings. The number of nitrogens with one attached hydrogen (secondary N) is 1. The Bertz CT molecular complexity index is 1250. The second kappa shape index (κ2) is 9.15. The van der Waals surface area contributed by atoms with Crippen molar-refractivity contribution in [1.29, 1.82) is 0 Å². The van der Waals surface area contributed by atoms with Crippen molar-refractivity contribution in [1.82, 2.24) is 5.32 Å². The van der Waals surface area contributed by atoms with Gasteiger partial charge in [0, 0.05) is 6.54 Å². The summed E-state index contributed by atoms with van der Waals surface area (Å²) in [5, 5.41) is 2.86. The van der Waals surface area contributed by atoms with Crippen molar-refractivity contribution in [3.8, 4) is 11.5 Å². The van der Waals surface area contributed by atoms with Gasteiger partial charge in [-0.2, -0.15) is 0 Å². The summed E-state index contributed by atoms with van der Waals surface area (Å²) >= 11 is 0. The highest BCUT2D eigenvalue weighted by molar-refractivity contribution is 7.92. The van der Waals surface area contributed by atoms with Gasteiger partial charge in [0.25, 0.3) is 15.9 Å². The number of carbonyl (C=O) groups excluding carboxylic acids is 1. The minimum atomic E-state index is -3.93. The topological polar surface area (TPSA) is 84.9 Å². The van der Waals surface area contributed by atoms with Gasteiger partial charge in [-0.1, -0.05) is 35.9 Å². The summed E-state index contributed by atoms with van der Waals surface area (Å²) < 4.78 is 39.3. The minimum absolute atomic E-state index is 0.107. The van der Waals surface area contributed by atoms with Crippen molar-refractivity contribution < 1.29 is 22.7 Å². The Morgan fingerprint density at radius 1 is 1.03 bits per heavy atom. The van der Waals surface area contributed by atoms with Crippen molar-refractivity contribution in [2.75, 3.05) is 18.0 Å². The molecule has 7 nitrogen and oxygen atoms in total. The van der Waals surface area contributed by atoms with Gasteiger partial charge in [0.05, 0.1) is 24.2 Å². The predicted molar refractivity (Wildman–Crippen MR) is 126 cm³/mol. The van der Waals surface area contributed by atoms with E-state index in [-0.39, 0.29) is 17.3 Å². The van der Waals surface area contributed by atoms with Gasteiger partial charge in [0.2, 0.25) is 0 Å². The number of benzene rings is 3. The van der Waals surface area contributed by atoms with Crippen molar-refractivity contribution in [3.05, 3.63) is 83.4 Å². The smallest absolute Gasteiger partial charge is 0.264 e. The number of hydrogen-bond donors (Lipinski definition) is 1. The van der Waals surface area contributed by atoms with Gasteiger partial charge in [-0.3, -0.25) is 9.10 Å². The summed E-state index contributed by atoms with van der Waals surface area (Å²) in [4.78, 5) is 13.1. The molecule has 0 bridgehead atoms. The quantitative estimate of drug-likeness (QED) is 0.600. The summed E-state index contributed by atoms with van der Waals surface area (Å²) in [6.07, 6.45) is -0.988. The van der Waals surface area contributed by atoms with Crippen LogP contribution in [0.4, 0.5) is 5.69 Å². The molecule has 33 heavy (non-hydrogen) atoms. The van der Waals surface area contributed by atoms with Crippen LogP contribution in [0, 0.1) is 13.8 Å². The Kier molecular flexibility index (Phi) is 6.29. The molecule has 4 rings (SSSR count). The minimum Gasteiger partial charge on any atom is -0.497 e. The van der Waals surface area contributed by atoms with Crippen LogP contribution >= 0.6 is 0 Å². The fourth-order valence-corrected chi connectivity index (χ4v) is 5.09. The van der Waals surface area contributed by atoms with Crippen LogP contribution < -0.4 is 19.1 Å². The molecule has 1 amide bonds. The highest BCUT2D eigenvalue weighted by Crippen LogP contribution is 2.38. The molecular formula is C25H26N2O5S. The van der Waals surface area contributed by atoms with E-state index in [1.54, 1.807) is 24.3 Å². The third kappa shape index (κ3) is 4.80. The number of aryl methyl sites for hydroxylation is 2. The number of nitrogens with zero attached hydrogens (tertiary/aromatic N) is 1. The van der Waals surface area contributed by atoms with Gasteiger partial charge < -0.3 is 14.8 Å². The monoisotopic (exact) mass is 466 g/mol. The molecule has 3 aromatic carbocycles. The van der Waals surface area contributed by atoms with Crippen molar-refractivity contribution >= 4 is 21.6 Å². The van der Waals surface area contributed by atoms with Gasteiger partial charge >= 0.3 is 0 Å². The van der Waals surface area contributed by atoms with Crippen LogP contribution in [-0.2, 0) is 21.4 Å². The van der Waals surface area contributed by atoms with Gasteiger partial charge in [-0.25, -0.2) is 8.42 Å². The Morgan fingerprint density at radius 3 is 2.36 bits per heavy atom. The van der Waals surface area contributed by atoms with E-state index in [0.717, 1.165) is 16.7 Å². The van der Waals surface area contributed by atoms with E-state index in [1.165, 1.54) is 23.5 Å². The van der Waals surface area contributed by atoms with E-state index < -0.39 is 16.1 Å². The van der Waals surface area contributed by atoms with Crippen LogP contribution in [0.25, 0.3) is 0 Å². The van der Waals surface area contributed by atoms with E-state index in [0.29, 0.717) is 23.7 Å². The molecule has 1 N–H and O–H groups in total. The number of hydrogen-bond acceptors (Lipinski definition) is 5. The SMILES string of the molecule is COc1ccc(S(=O)(=O)N2CC(C(=O)NCc3ccc(C)cc3)Oc3cc(C)ccc32)cc1. The zero-order valence-electron chi connectivity index (χ0n) is 18.7. The number of fused-ring (bicyclic) bond motifs is 1. The maximum absolute atomic E-state index is 13.5. The summed E-state index contributed by atoms with van der Waals surface area (Å²) in [5.74, 6) is 0.534. The Labute approximate surface area is 194 Å². The summed E-state index contributed by atoms with van der Waals surface area (Å²) in [7, 11) is -2.42. The molecule has 1 atom stereocenters. The molecule has 0 saturated heterocycles. The fourth-order valence-electron chi connectivity index (χ4n) is 3.61. The largest absolute Gasteiger partial charge is 0.497 e. The summed E-state index contributed by atoms with van der Waals surface area (Å²) in [5.41, 5.74) is 3.38. The number of carbonyl (C=O) groups is 1. The lowest BCUT2D eigenvalue weighted by Crippen LogP contribution is -2.50. The third-order valence-corrected chi connectivity index (χ3v) is 7.31. The van der Waals surface area contributed by atoms with Crippen molar-refractivity contribution in [2.24, 2.45) is 0 Å². The Morgan fingerprint density at radius 2 is 1.70 bits per heavy atom.